The molecule has 1 N–H and O–H groups in total. The Balaban J connectivity index is 3.04. The van der Waals surface area contributed by atoms with Crippen LogP contribution in [0.3, 0.4) is 0 Å². The second-order valence-electron chi connectivity index (χ2n) is 1.92. The molecule has 0 aliphatic carbocycles. The molecule has 0 spiro atoms. The van der Waals surface area contributed by atoms with Crippen LogP contribution in [0.2, 0.25) is 0 Å². The lowest BCUT2D eigenvalue weighted by molar-refractivity contribution is -0.909. The van der Waals surface area contributed by atoms with E-state index in [0.29, 0.717) is 11.6 Å². The van der Waals surface area contributed by atoms with Crippen LogP contribution in [0.4, 0.5) is 0 Å². The lowest BCUT2D eigenvalue weighted by Crippen LogP contribution is -2.33. The molecular weight excluding hydrogens is 132 g/mol. The van der Waals surface area contributed by atoms with E-state index >= 15 is 0 Å². The van der Waals surface area contributed by atoms with Crippen LogP contribution in [0, 0.1) is 6.92 Å². The Hall–Kier alpha value is -1.32. The molecule has 1 aromatic heterocycles. The standard InChI is InChI=1S/C6H9N2O2/c1-5-3-7-6(10-2)4-8(5)9/h3-4H,1-2H3,(H,7,9)/q+1. The van der Waals surface area contributed by atoms with E-state index in [1.54, 1.807) is 6.92 Å². The lowest BCUT2D eigenvalue weighted by atomic mass is 10.5. The number of rotatable bonds is 1. The van der Waals surface area contributed by atoms with Crippen LogP contribution in [-0.2, 0) is 0 Å². The van der Waals surface area contributed by atoms with Crippen LogP contribution in [0.15, 0.2) is 12.4 Å². The molecule has 10 heavy (non-hydrogen) atoms. The molecule has 0 bridgehead atoms. The predicted octanol–water partition coefficient (Wildman–Crippen LogP) is -0.0766. The zero-order valence-corrected chi connectivity index (χ0v) is 5.90. The first-order valence-electron chi connectivity index (χ1n) is 2.85. The van der Waals surface area contributed by atoms with E-state index in [1.165, 1.54) is 19.5 Å². The smallest absolute Gasteiger partial charge is 0.284 e. The van der Waals surface area contributed by atoms with Crippen LogP contribution in [-0.4, -0.2) is 17.3 Å². The summed E-state index contributed by atoms with van der Waals surface area (Å²) in [6, 6.07) is 0. The van der Waals surface area contributed by atoms with Gasteiger partial charge in [-0.3, -0.25) is 5.21 Å². The minimum atomic E-state index is 0.396. The molecule has 0 unspecified atom stereocenters. The average Bonchev–Trinajstić information content (AvgIpc) is 1.95. The Morgan fingerprint density at radius 2 is 2.40 bits per heavy atom. The van der Waals surface area contributed by atoms with E-state index in [9.17, 15) is 0 Å². The Bertz CT molecular complexity index is 237. The number of aromatic nitrogens is 2. The maximum atomic E-state index is 9.03. The van der Waals surface area contributed by atoms with Crippen molar-refractivity contribution in [2.45, 2.75) is 6.92 Å². The molecule has 0 aliphatic rings. The summed E-state index contributed by atoms with van der Waals surface area (Å²) in [5.74, 6) is 0.396. The monoisotopic (exact) mass is 141 g/mol. The number of hydrogen-bond acceptors (Lipinski definition) is 3. The van der Waals surface area contributed by atoms with Crippen LogP contribution in [0.1, 0.15) is 5.69 Å². The van der Waals surface area contributed by atoms with Gasteiger partial charge in [0.2, 0.25) is 5.69 Å². The summed E-state index contributed by atoms with van der Waals surface area (Å²) in [5, 5.41) is 9.03. The molecule has 0 saturated heterocycles. The fourth-order valence-electron chi connectivity index (χ4n) is 0.561. The molecule has 0 saturated carbocycles. The van der Waals surface area contributed by atoms with Gasteiger partial charge in [-0.05, 0) is 0 Å². The van der Waals surface area contributed by atoms with E-state index in [4.69, 9.17) is 9.94 Å². The normalized spacial score (nSPS) is 9.40. The van der Waals surface area contributed by atoms with Crippen LogP contribution in [0.5, 0.6) is 5.88 Å². The van der Waals surface area contributed by atoms with Crippen LogP contribution >= 0.6 is 0 Å². The largest absolute Gasteiger partial charge is 0.477 e. The van der Waals surface area contributed by atoms with Gasteiger partial charge in [0.15, 0.2) is 0 Å². The van der Waals surface area contributed by atoms with Gasteiger partial charge in [-0.25, -0.2) is 4.98 Å². The van der Waals surface area contributed by atoms with Crippen molar-refractivity contribution in [1.82, 2.24) is 4.98 Å². The van der Waals surface area contributed by atoms with Crippen molar-refractivity contribution >= 4 is 0 Å². The highest BCUT2D eigenvalue weighted by Crippen LogP contribution is 1.98. The third kappa shape index (κ3) is 1.15. The van der Waals surface area contributed by atoms with Gasteiger partial charge in [-0.1, -0.05) is 0 Å². The van der Waals surface area contributed by atoms with Gasteiger partial charge in [-0.2, -0.15) is 0 Å². The molecule has 0 aromatic carbocycles. The Morgan fingerprint density at radius 3 is 2.90 bits per heavy atom. The van der Waals surface area contributed by atoms with Gasteiger partial charge < -0.3 is 4.74 Å². The first kappa shape index (κ1) is 6.80. The van der Waals surface area contributed by atoms with Crippen molar-refractivity contribution < 1.29 is 14.7 Å². The van der Waals surface area contributed by atoms with E-state index in [2.05, 4.69) is 4.98 Å². The van der Waals surface area contributed by atoms with Crippen molar-refractivity contribution in [3.63, 3.8) is 0 Å². The zero-order valence-electron chi connectivity index (χ0n) is 5.90. The molecule has 4 heteroatoms. The average molecular weight is 141 g/mol. The molecule has 0 amide bonds. The second-order valence-corrected chi connectivity index (χ2v) is 1.92. The molecule has 54 valence electrons. The fourth-order valence-corrected chi connectivity index (χ4v) is 0.561. The Morgan fingerprint density at radius 1 is 1.70 bits per heavy atom. The molecule has 1 heterocycles. The van der Waals surface area contributed by atoms with Gasteiger partial charge in [0.1, 0.15) is 6.20 Å². The highest BCUT2D eigenvalue weighted by atomic mass is 16.5. The molecule has 4 nitrogen and oxygen atoms in total. The lowest BCUT2D eigenvalue weighted by Gasteiger charge is -1.93. The Labute approximate surface area is 58.7 Å². The van der Waals surface area contributed by atoms with Crippen LogP contribution < -0.4 is 9.47 Å². The predicted molar refractivity (Wildman–Crippen MR) is 32.9 cm³/mol. The summed E-state index contributed by atoms with van der Waals surface area (Å²) in [5.41, 5.74) is 0.667. The zero-order chi connectivity index (χ0) is 7.56. The number of aryl methyl sites for hydroxylation is 1. The van der Waals surface area contributed by atoms with Crippen molar-refractivity contribution in [3.05, 3.63) is 18.1 Å². The quantitative estimate of drug-likeness (QED) is 0.439. The molecule has 1 aromatic rings. The summed E-state index contributed by atoms with van der Waals surface area (Å²) in [4.78, 5) is 3.85. The number of nitrogens with zero attached hydrogens (tertiary/aromatic N) is 2. The summed E-state index contributed by atoms with van der Waals surface area (Å²) in [7, 11) is 1.50. The molecule has 0 fully saturated rings. The first-order valence-corrected chi connectivity index (χ1v) is 2.85. The Kier molecular flexibility index (Phi) is 1.71. The summed E-state index contributed by atoms with van der Waals surface area (Å²) in [6.45, 7) is 1.74. The summed E-state index contributed by atoms with van der Waals surface area (Å²) < 4.78 is 5.72. The van der Waals surface area contributed by atoms with E-state index in [0.717, 1.165) is 4.73 Å². The minimum absolute atomic E-state index is 0.396. The molecular formula is C6H9N2O2+. The van der Waals surface area contributed by atoms with Gasteiger partial charge in [0.05, 0.1) is 7.11 Å². The minimum Gasteiger partial charge on any atom is -0.477 e. The SMILES string of the molecule is COc1c[n+](O)c(C)cn1. The first-order chi connectivity index (χ1) is 4.74. The van der Waals surface area contributed by atoms with Crippen LogP contribution in [0.25, 0.3) is 0 Å². The van der Waals surface area contributed by atoms with Gasteiger partial charge in [0.25, 0.3) is 12.1 Å². The third-order valence-corrected chi connectivity index (χ3v) is 1.18. The third-order valence-electron chi connectivity index (χ3n) is 1.18. The van der Waals surface area contributed by atoms with Crippen molar-refractivity contribution in [1.29, 1.82) is 0 Å². The maximum Gasteiger partial charge on any atom is 0.284 e. The molecule has 0 aliphatic heterocycles. The topological polar surface area (TPSA) is 46.2 Å². The van der Waals surface area contributed by atoms with Crippen molar-refractivity contribution in [3.8, 4) is 5.88 Å². The van der Waals surface area contributed by atoms with Crippen molar-refractivity contribution in [2.24, 2.45) is 0 Å². The van der Waals surface area contributed by atoms with E-state index in [1.807, 2.05) is 0 Å². The van der Waals surface area contributed by atoms with Crippen molar-refractivity contribution in [2.75, 3.05) is 7.11 Å². The molecule has 0 radical (unpaired) electrons. The molecule has 0 atom stereocenters. The second kappa shape index (κ2) is 2.51. The summed E-state index contributed by atoms with van der Waals surface area (Å²) in [6.07, 6.45) is 2.92. The molecule has 1 rings (SSSR count). The highest BCUT2D eigenvalue weighted by molar-refractivity contribution is 4.99. The highest BCUT2D eigenvalue weighted by Gasteiger charge is 2.06. The van der Waals surface area contributed by atoms with Gasteiger partial charge in [0, 0.05) is 11.7 Å². The van der Waals surface area contributed by atoms with Gasteiger partial charge >= 0.3 is 0 Å². The number of hydrogen-bond donors (Lipinski definition) is 1. The maximum absolute atomic E-state index is 9.03. The summed E-state index contributed by atoms with van der Waals surface area (Å²) >= 11 is 0. The van der Waals surface area contributed by atoms with Gasteiger partial charge in [-0.15, -0.1) is 0 Å². The fraction of sp³-hybridized carbons (Fsp3) is 0.333. The number of ether oxygens (including phenoxy) is 1. The van der Waals surface area contributed by atoms with E-state index in [-0.39, 0.29) is 0 Å². The van der Waals surface area contributed by atoms with E-state index < -0.39 is 0 Å². The number of methoxy groups -OCH3 is 1.